The Morgan fingerprint density at radius 3 is 2.62 bits per heavy atom. The Morgan fingerprint density at radius 1 is 1.17 bits per heavy atom. The first-order valence-corrected chi connectivity index (χ1v) is 8.68. The molecule has 1 N–H and O–H groups in total. The first-order valence-electron chi connectivity index (χ1n) is 8.68. The van der Waals surface area contributed by atoms with Crippen molar-refractivity contribution < 1.29 is 9.15 Å². The maximum atomic E-state index is 5.85. The van der Waals surface area contributed by atoms with Crippen molar-refractivity contribution in [3.8, 4) is 5.75 Å². The SMILES string of the molecule is Cc1nc(CCOc2ccc(C3CC=CCC(C)N3)cc2)c(C)o1. The molecule has 0 amide bonds. The van der Waals surface area contributed by atoms with Crippen molar-refractivity contribution in [2.24, 2.45) is 0 Å². The molecule has 4 heteroatoms. The minimum Gasteiger partial charge on any atom is -0.493 e. The second-order valence-electron chi connectivity index (χ2n) is 6.47. The van der Waals surface area contributed by atoms with Gasteiger partial charge in [0.25, 0.3) is 0 Å². The van der Waals surface area contributed by atoms with Crippen LogP contribution >= 0.6 is 0 Å². The van der Waals surface area contributed by atoms with Crippen LogP contribution in [0.4, 0.5) is 0 Å². The minimum absolute atomic E-state index is 0.383. The first-order chi connectivity index (χ1) is 11.6. The molecule has 24 heavy (non-hydrogen) atoms. The molecule has 2 aromatic rings. The lowest BCUT2D eigenvalue weighted by Gasteiger charge is -2.20. The highest BCUT2D eigenvalue weighted by molar-refractivity contribution is 5.30. The summed E-state index contributed by atoms with van der Waals surface area (Å²) in [5.41, 5.74) is 2.29. The van der Waals surface area contributed by atoms with E-state index in [2.05, 4.69) is 53.6 Å². The summed E-state index contributed by atoms with van der Waals surface area (Å²) in [4.78, 5) is 4.37. The Kier molecular flexibility index (Phi) is 5.36. The molecule has 1 aromatic carbocycles. The van der Waals surface area contributed by atoms with Crippen LogP contribution in [0.5, 0.6) is 5.75 Å². The zero-order valence-electron chi connectivity index (χ0n) is 14.7. The van der Waals surface area contributed by atoms with Crippen LogP contribution in [0.3, 0.4) is 0 Å². The topological polar surface area (TPSA) is 47.3 Å². The van der Waals surface area contributed by atoms with E-state index in [1.54, 1.807) is 0 Å². The van der Waals surface area contributed by atoms with Crippen LogP contribution in [0, 0.1) is 13.8 Å². The molecule has 4 nitrogen and oxygen atoms in total. The number of ether oxygens (including phenoxy) is 1. The Morgan fingerprint density at radius 2 is 1.92 bits per heavy atom. The van der Waals surface area contributed by atoms with Crippen molar-refractivity contribution in [3.63, 3.8) is 0 Å². The van der Waals surface area contributed by atoms with Crippen molar-refractivity contribution in [1.82, 2.24) is 10.3 Å². The Hall–Kier alpha value is -2.07. The molecule has 0 radical (unpaired) electrons. The summed E-state index contributed by atoms with van der Waals surface area (Å²) in [5.74, 6) is 2.49. The van der Waals surface area contributed by atoms with Crippen molar-refractivity contribution in [1.29, 1.82) is 0 Å². The molecule has 1 aliphatic rings. The van der Waals surface area contributed by atoms with E-state index in [1.165, 1.54) is 5.56 Å². The van der Waals surface area contributed by atoms with Gasteiger partial charge in [-0.1, -0.05) is 24.3 Å². The number of rotatable bonds is 5. The predicted octanol–water partition coefficient (Wildman–Crippen LogP) is 4.28. The third kappa shape index (κ3) is 4.26. The van der Waals surface area contributed by atoms with E-state index in [0.717, 1.165) is 36.5 Å². The number of oxazole rings is 1. The van der Waals surface area contributed by atoms with Crippen LogP contribution < -0.4 is 10.1 Å². The van der Waals surface area contributed by atoms with E-state index in [0.29, 0.717) is 24.6 Å². The van der Waals surface area contributed by atoms with Crippen molar-refractivity contribution >= 4 is 0 Å². The molecule has 2 atom stereocenters. The molecular weight excluding hydrogens is 300 g/mol. The number of hydrogen-bond donors (Lipinski definition) is 1. The van der Waals surface area contributed by atoms with Crippen LogP contribution in [0.25, 0.3) is 0 Å². The van der Waals surface area contributed by atoms with Gasteiger partial charge < -0.3 is 14.5 Å². The van der Waals surface area contributed by atoms with Gasteiger partial charge in [-0.05, 0) is 44.4 Å². The van der Waals surface area contributed by atoms with Gasteiger partial charge in [-0.2, -0.15) is 0 Å². The largest absolute Gasteiger partial charge is 0.493 e. The van der Waals surface area contributed by atoms with E-state index in [-0.39, 0.29) is 0 Å². The van der Waals surface area contributed by atoms with Crippen molar-refractivity contribution in [2.45, 2.75) is 52.1 Å². The van der Waals surface area contributed by atoms with Crippen LogP contribution in [-0.2, 0) is 6.42 Å². The zero-order valence-corrected chi connectivity index (χ0v) is 14.7. The fourth-order valence-corrected chi connectivity index (χ4v) is 3.11. The van der Waals surface area contributed by atoms with Crippen LogP contribution in [0.1, 0.15) is 48.7 Å². The van der Waals surface area contributed by atoms with Gasteiger partial charge in [0.05, 0.1) is 12.3 Å². The molecule has 1 aliphatic heterocycles. The summed E-state index contributed by atoms with van der Waals surface area (Å²) < 4.78 is 11.3. The summed E-state index contributed by atoms with van der Waals surface area (Å²) in [5, 5.41) is 3.67. The molecule has 0 fully saturated rings. The third-order valence-electron chi connectivity index (χ3n) is 4.40. The van der Waals surface area contributed by atoms with Gasteiger partial charge in [0.15, 0.2) is 5.89 Å². The lowest BCUT2D eigenvalue weighted by Crippen LogP contribution is -2.28. The number of nitrogens with one attached hydrogen (secondary N) is 1. The van der Waals surface area contributed by atoms with Gasteiger partial charge in [0, 0.05) is 25.4 Å². The molecule has 2 heterocycles. The van der Waals surface area contributed by atoms with Crippen molar-refractivity contribution in [2.75, 3.05) is 6.61 Å². The smallest absolute Gasteiger partial charge is 0.191 e. The molecule has 128 valence electrons. The standard InChI is InChI=1S/C20H26N2O2/c1-14-6-4-5-7-20(21-14)17-8-10-18(11-9-17)23-13-12-19-15(2)24-16(3)22-19/h4-5,8-11,14,20-21H,6-7,12-13H2,1-3H3. The average molecular weight is 326 g/mol. The first kappa shape index (κ1) is 16.8. The Labute approximate surface area is 143 Å². The molecule has 0 saturated heterocycles. The quantitative estimate of drug-likeness (QED) is 0.833. The van der Waals surface area contributed by atoms with E-state index in [9.17, 15) is 0 Å². The maximum absolute atomic E-state index is 5.85. The van der Waals surface area contributed by atoms with E-state index < -0.39 is 0 Å². The molecule has 2 unspecified atom stereocenters. The lowest BCUT2D eigenvalue weighted by molar-refractivity contribution is 0.319. The number of aryl methyl sites for hydroxylation is 2. The van der Waals surface area contributed by atoms with E-state index in [4.69, 9.17) is 9.15 Å². The number of hydrogen-bond acceptors (Lipinski definition) is 4. The summed E-state index contributed by atoms with van der Waals surface area (Å²) in [6.45, 7) is 6.65. The average Bonchev–Trinajstić information content (AvgIpc) is 2.75. The Balaban J connectivity index is 1.54. The zero-order chi connectivity index (χ0) is 16.9. The lowest BCUT2D eigenvalue weighted by atomic mass is 10.0. The molecular formula is C20H26N2O2. The van der Waals surface area contributed by atoms with Gasteiger partial charge in [0.1, 0.15) is 11.5 Å². The molecule has 0 bridgehead atoms. The maximum Gasteiger partial charge on any atom is 0.191 e. The summed E-state index contributed by atoms with van der Waals surface area (Å²) in [6, 6.07) is 9.32. The summed E-state index contributed by atoms with van der Waals surface area (Å²) in [7, 11) is 0. The second kappa shape index (κ2) is 7.67. The number of aromatic nitrogens is 1. The normalized spacial score (nSPS) is 20.8. The van der Waals surface area contributed by atoms with E-state index >= 15 is 0 Å². The number of benzene rings is 1. The fourth-order valence-electron chi connectivity index (χ4n) is 3.11. The van der Waals surface area contributed by atoms with Crippen LogP contribution in [0.15, 0.2) is 40.8 Å². The molecule has 3 rings (SSSR count). The van der Waals surface area contributed by atoms with Crippen LogP contribution in [0.2, 0.25) is 0 Å². The molecule has 0 aliphatic carbocycles. The van der Waals surface area contributed by atoms with Gasteiger partial charge in [-0.15, -0.1) is 0 Å². The second-order valence-corrected chi connectivity index (χ2v) is 6.47. The highest BCUT2D eigenvalue weighted by atomic mass is 16.5. The predicted molar refractivity (Wildman–Crippen MR) is 95.3 cm³/mol. The number of nitrogens with zero attached hydrogens (tertiary/aromatic N) is 1. The molecule has 1 aromatic heterocycles. The highest BCUT2D eigenvalue weighted by Crippen LogP contribution is 2.23. The van der Waals surface area contributed by atoms with Gasteiger partial charge in [-0.3, -0.25) is 0 Å². The monoisotopic (exact) mass is 326 g/mol. The van der Waals surface area contributed by atoms with Crippen molar-refractivity contribution in [3.05, 3.63) is 59.3 Å². The van der Waals surface area contributed by atoms with Crippen LogP contribution in [-0.4, -0.2) is 17.6 Å². The summed E-state index contributed by atoms with van der Waals surface area (Å²) >= 11 is 0. The third-order valence-corrected chi connectivity index (χ3v) is 4.40. The summed E-state index contributed by atoms with van der Waals surface area (Å²) in [6.07, 6.45) is 7.43. The van der Waals surface area contributed by atoms with Gasteiger partial charge in [0.2, 0.25) is 0 Å². The molecule has 0 saturated carbocycles. The Bertz CT molecular complexity index is 688. The minimum atomic E-state index is 0.383. The highest BCUT2D eigenvalue weighted by Gasteiger charge is 2.15. The van der Waals surface area contributed by atoms with Gasteiger partial charge in [-0.25, -0.2) is 4.98 Å². The van der Waals surface area contributed by atoms with Gasteiger partial charge >= 0.3 is 0 Å². The fraction of sp³-hybridized carbons (Fsp3) is 0.450. The molecule has 0 spiro atoms. The van der Waals surface area contributed by atoms with E-state index in [1.807, 2.05) is 13.8 Å².